The van der Waals surface area contributed by atoms with Crippen molar-refractivity contribution in [1.29, 1.82) is 0 Å². The summed E-state index contributed by atoms with van der Waals surface area (Å²) in [5.74, 6) is -0.500. The zero-order valence-electron chi connectivity index (χ0n) is 13.2. The van der Waals surface area contributed by atoms with Crippen molar-refractivity contribution in [3.05, 3.63) is 56.0 Å². The summed E-state index contributed by atoms with van der Waals surface area (Å²) in [6.45, 7) is -0.111. The zero-order valence-corrected chi connectivity index (χ0v) is 16.4. The van der Waals surface area contributed by atoms with E-state index < -0.39 is 17.7 Å². The molecule has 0 spiro atoms. The van der Waals surface area contributed by atoms with E-state index in [-0.39, 0.29) is 24.3 Å². The van der Waals surface area contributed by atoms with Crippen molar-refractivity contribution in [2.75, 3.05) is 5.73 Å². The van der Waals surface area contributed by atoms with E-state index in [0.717, 1.165) is 17.7 Å². The average molecular weight is 497 g/mol. The standard InChI is InChI=1S/C17H14Br2F3NO3/c18-13-5-9(1-2-15(24)25)6-14(19)16(13)26-8-10-3-11(17(20,21)22)7-12(23)4-10/h3-7H,1-2,8,23H2,(H,24,25). The second kappa shape index (κ2) is 8.30. The van der Waals surface area contributed by atoms with Crippen LogP contribution in [0.5, 0.6) is 5.75 Å². The van der Waals surface area contributed by atoms with Gasteiger partial charge in [-0.1, -0.05) is 0 Å². The van der Waals surface area contributed by atoms with Gasteiger partial charge in [0.25, 0.3) is 0 Å². The first-order valence-corrected chi connectivity index (χ1v) is 8.94. The predicted molar refractivity (Wildman–Crippen MR) is 98.0 cm³/mol. The van der Waals surface area contributed by atoms with E-state index in [1.165, 1.54) is 6.07 Å². The van der Waals surface area contributed by atoms with Crippen molar-refractivity contribution < 1.29 is 27.8 Å². The van der Waals surface area contributed by atoms with E-state index in [1.807, 2.05) is 0 Å². The van der Waals surface area contributed by atoms with Crippen molar-refractivity contribution in [2.24, 2.45) is 0 Å². The molecule has 0 saturated carbocycles. The molecule has 0 saturated heterocycles. The van der Waals surface area contributed by atoms with Gasteiger partial charge in [0.15, 0.2) is 0 Å². The number of ether oxygens (including phenoxy) is 1. The first-order valence-electron chi connectivity index (χ1n) is 7.35. The molecule has 0 aliphatic carbocycles. The normalized spacial score (nSPS) is 11.4. The summed E-state index contributed by atoms with van der Waals surface area (Å²) in [5, 5.41) is 8.74. The lowest BCUT2D eigenvalue weighted by Crippen LogP contribution is -2.08. The highest BCUT2D eigenvalue weighted by molar-refractivity contribution is 9.11. The summed E-state index contributed by atoms with van der Waals surface area (Å²) in [6.07, 6.45) is -4.16. The number of anilines is 1. The smallest absolute Gasteiger partial charge is 0.416 e. The lowest BCUT2D eigenvalue weighted by atomic mass is 10.1. The van der Waals surface area contributed by atoms with Crippen LogP contribution in [0.25, 0.3) is 0 Å². The van der Waals surface area contributed by atoms with Crippen molar-refractivity contribution in [1.82, 2.24) is 0 Å². The fourth-order valence-electron chi connectivity index (χ4n) is 2.27. The molecule has 2 aromatic carbocycles. The third-order valence-electron chi connectivity index (χ3n) is 3.41. The van der Waals surface area contributed by atoms with E-state index in [0.29, 0.717) is 21.1 Å². The Morgan fingerprint density at radius 1 is 1.08 bits per heavy atom. The molecular formula is C17H14Br2F3NO3. The first kappa shape index (κ1) is 20.6. The highest BCUT2D eigenvalue weighted by atomic mass is 79.9. The Kier molecular flexibility index (Phi) is 6.57. The number of hydrogen-bond donors (Lipinski definition) is 2. The number of carboxylic acids is 1. The number of aliphatic carboxylic acids is 1. The van der Waals surface area contributed by atoms with Crippen LogP contribution in [0.4, 0.5) is 18.9 Å². The van der Waals surface area contributed by atoms with Gasteiger partial charge in [0.2, 0.25) is 0 Å². The van der Waals surface area contributed by atoms with E-state index in [4.69, 9.17) is 15.6 Å². The molecule has 140 valence electrons. The van der Waals surface area contributed by atoms with Gasteiger partial charge in [-0.25, -0.2) is 0 Å². The van der Waals surface area contributed by atoms with Gasteiger partial charge in [0.05, 0.1) is 14.5 Å². The lowest BCUT2D eigenvalue weighted by Gasteiger charge is -2.14. The molecule has 4 nitrogen and oxygen atoms in total. The number of rotatable bonds is 6. The number of nitrogens with two attached hydrogens (primary N) is 1. The Morgan fingerprint density at radius 2 is 1.69 bits per heavy atom. The minimum atomic E-state index is -4.49. The Bertz CT molecular complexity index is 802. The average Bonchev–Trinajstić information content (AvgIpc) is 2.50. The van der Waals surface area contributed by atoms with Crippen molar-refractivity contribution in [3.8, 4) is 5.75 Å². The van der Waals surface area contributed by atoms with Crippen LogP contribution >= 0.6 is 31.9 Å². The number of hydrogen-bond acceptors (Lipinski definition) is 3. The molecule has 26 heavy (non-hydrogen) atoms. The quantitative estimate of drug-likeness (QED) is 0.524. The number of alkyl halides is 3. The SMILES string of the molecule is Nc1cc(COc2c(Br)cc(CCC(=O)O)cc2Br)cc(C(F)(F)F)c1. The van der Waals surface area contributed by atoms with Crippen LogP contribution in [0.2, 0.25) is 0 Å². The van der Waals surface area contributed by atoms with Crippen molar-refractivity contribution in [2.45, 2.75) is 25.6 Å². The zero-order chi connectivity index (χ0) is 19.5. The molecule has 2 aromatic rings. The minimum absolute atomic E-state index is 0.000532. The minimum Gasteiger partial charge on any atom is -0.487 e. The van der Waals surface area contributed by atoms with Gasteiger partial charge >= 0.3 is 12.1 Å². The molecule has 0 heterocycles. The van der Waals surface area contributed by atoms with Gasteiger partial charge < -0.3 is 15.6 Å². The summed E-state index contributed by atoms with van der Waals surface area (Å²) in [6, 6.07) is 6.69. The molecule has 0 atom stereocenters. The number of nitrogen functional groups attached to an aromatic ring is 1. The largest absolute Gasteiger partial charge is 0.487 e. The molecule has 0 aromatic heterocycles. The highest BCUT2D eigenvalue weighted by Crippen LogP contribution is 2.36. The Hall–Kier alpha value is -1.74. The summed E-state index contributed by atoms with van der Waals surface area (Å²) >= 11 is 6.66. The van der Waals surface area contributed by atoms with Crippen molar-refractivity contribution >= 4 is 43.5 Å². The van der Waals surface area contributed by atoms with Crippen molar-refractivity contribution in [3.63, 3.8) is 0 Å². The Labute approximate surface area is 164 Å². The molecule has 3 N–H and O–H groups in total. The molecule has 0 fully saturated rings. The van der Waals surface area contributed by atoms with Gasteiger partial charge in [-0.15, -0.1) is 0 Å². The second-order valence-electron chi connectivity index (χ2n) is 5.53. The topological polar surface area (TPSA) is 72.5 Å². The molecule has 9 heteroatoms. The summed E-state index contributed by atoms with van der Waals surface area (Å²) < 4.78 is 45.3. The van der Waals surface area contributed by atoms with Gasteiger partial charge in [0, 0.05) is 12.1 Å². The first-order chi connectivity index (χ1) is 12.1. The third kappa shape index (κ3) is 5.63. The van der Waals surface area contributed by atoms with Crippen LogP contribution < -0.4 is 10.5 Å². The molecular weight excluding hydrogens is 483 g/mol. The van der Waals surface area contributed by atoms with Gasteiger partial charge in [-0.2, -0.15) is 13.2 Å². The van der Waals surface area contributed by atoms with Gasteiger partial charge in [-0.3, -0.25) is 4.79 Å². The maximum absolute atomic E-state index is 12.9. The summed E-state index contributed by atoms with van der Waals surface area (Å²) in [5.41, 5.74) is 5.77. The van der Waals surface area contributed by atoms with E-state index in [2.05, 4.69) is 31.9 Å². The number of carbonyl (C=O) groups is 1. The fourth-order valence-corrected chi connectivity index (χ4v) is 3.78. The number of benzene rings is 2. The van der Waals surface area contributed by atoms with E-state index in [1.54, 1.807) is 12.1 Å². The third-order valence-corrected chi connectivity index (χ3v) is 4.59. The summed E-state index contributed by atoms with van der Waals surface area (Å²) in [7, 11) is 0. The Balaban J connectivity index is 2.17. The van der Waals surface area contributed by atoms with Crippen LogP contribution in [0.15, 0.2) is 39.3 Å². The fraction of sp³-hybridized carbons (Fsp3) is 0.235. The maximum Gasteiger partial charge on any atom is 0.416 e. The van der Waals surface area contributed by atoms with Crippen LogP contribution in [0, 0.1) is 0 Å². The van der Waals surface area contributed by atoms with Gasteiger partial charge in [-0.05, 0) is 79.7 Å². The molecule has 2 rings (SSSR count). The van der Waals surface area contributed by atoms with Crippen LogP contribution in [-0.4, -0.2) is 11.1 Å². The van der Waals surface area contributed by atoms with Crippen LogP contribution in [-0.2, 0) is 24.0 Å². The second-order valence-corrected chi connectivity index (χ2v) is 7.24. The molecule has 0 amide bonds. The Morgan fingerprint density at radius 3 is 2.23 bits per heavy atom. The number of carboxylic acid groups (broad SMARTS) is 1. The molecule has 0 aliphatic heterocycles. The number of aryl methyl sites for hydroxylation is 1. The summed E-state index contributed by atoms with van der Waals surface area (Å²) in [4.78, 5) is 10.7. The molecule has 0 radical (unpaired) electrons. The maximum atomic E-state index is 12.9. The predicted octanol–water partition coefficient (Wildman–Crippen LogP) is 5.41. The highest BCUT2D eigenvalue weighted by Gasteiger charge is 2.31. The monoisotopic (exact) mass is 495 g/mol. The molecule has 0 unspecified atom stereocenters. The molecule has 0 aliphatic rings. The van der Waals surface area contributed by atoms with Crippen LogP contribution in [0.3, 0.4) is 0 Å². The number of halogens is 5. The van der Waals surface area contributed by atoms with Crippen LogP contribution in [0.1, 0.15) is 23.1 Å². The lowest BCUT2D eigenvalue weighted by molar-refractivity contribution is -0.138. The van der Waals surface area contributed by atoms with Gasteiger partial charge in [0.1, 0.15) is 12.4 Å². The molecule has 0 bridgehead atoms. The van der Waals surface area contributed by atoms with E-state index in [9.17, 15) is 18.0 Å². The van der Waals surface area contributed by atoms with E-state index >= 15 is 0 Å².